The van der Waals surface area contributed by atoms with Crippen molar-refractivity contribution in [1.82, 2.24) is 5.32 Å². The zero-order valence-corrected chi connectivity index (χ0v) is 19.0. The third-order valence-corrected chi connectivity index (χ3v) is 5.23. The molecule has 170 valence electrons. The van der Waals surface area contributed by atoms with Crippen LogP contribution < -0.4 is 10.6 Å². The van der Waals surface area contributed by atoms with E-state index in [1.54, 1.807) is 18.2 Å². The van der Waals surface area contributed by atoms with E-state index in [0.717, 1.165) is 6.07 Å². The molecule has 1 unspecified atom stereocenters. The molecule has 2 aromatic rings. The number of rotatable bonds is 10. The zero-order chi connectivity index (χ0) is 23.7. The van der Waals surface area contributed by atoms with Gasteiger partial charge in [0, 0.05) is 12.6 Å². The van der Waals surface area contributed by atoms with Crippen molar-refractivity contribution >= 4 is 52.6 Å². The molecule has 10 heteroatoms. The molecule has 0 aliphatic rings. The predicted molar refractivity (Wildman–Crippen MR) is 122 cm³/mol. The lowest BCUT2D eigenvalue weighted by Crippen LogP contribution is -2.42. The van der Waals surface area contributed by atoms with Crippen LogP contribution in [0.15, 0.2) is 42.5 Å². The lowest BCUT2D eigenvalue weighted by Gasteiger charge is -2.17. The van der Waals surface area contributed by atoms with E-state index in [9.17, 15) is 23.6 Å². The first kappa shape index (κ1) is 25.4. The van der Waals surface area contributed by atoms with Crippen molar-refractivity contribution in [2.45, 2.75) is 19.4 Å². The molecule has 7 nitrogen and oxygen atoms in total. The fourth-order valence-electron chi connectivity index (χ4n) is 2.70. The van der Waals surface area contributed by atoms with E-state index in [4.69, 9.17) is 16.3 Å². The summed E-state index contributed by atoms with van der Waals surface area (Å²) in [7, 11) is 0. The third kappa shape index (κ3) is 7.35. The topological polar surface area (TPSA) is 102 Å². The number of nitrogens with one attached hydrogen (secondary N) is 2. The smallest absolute Gasteiger partial charge is 0.329 e. The predicted octanol–water partition coefficient (Wildman–Crippen LogP) is 3.72. The largest absolute Gasteiger partial charge is 0.456 e. The van der Waals surface area contributed by atoms with Crippen molar-refractivity contribution in [3.05, 3.63) is 64.4 Å². The summed E-state index contributed by atoms with van der Waals surface area (Å²) in [6, 6.07) is 8.94. The summed E-state index contributed by atoms with van der Waals surface area (Å²) in [5, 5.41) is 5.21. The summed E-state index contributed by atoms with van der Waals surface area (Å²) >= 11 is 7.50. The van der Waals surface area contributed by atoms with E-state index in [1.165, 1.54) is 36.9 Å². The quantitative estimate of drug-likeness (QED) is 0.397. The standard InChI is InChI=1S/C22H22ClFN2O5S/c1-13(27)25-14-7-8-16(18(24)11-14)20(28)12-31-22(30)19(9-10-32-2)26-21(29)15-5-3-4-6-17(15)23/h3-8,11,19H,9-10,12H2,1-2H3,(H,25,27)(H,26,29). The lowest BCUT2D eigenvalue weighted by atomic mass is 10.1. The first-order valence-electron chi connectivity index (χ1n) is 9.54. The van der Waals surface area contributed by atoms with Crippen molar-refractivity contribution in [1.29, 1.82) is 0 Å². The molecule has 0 aromatic heterocycles. The van der Waals surface area contributed by atoms with Gasteiger partial charge in [-0.15, -0.1) is 0 Å². The second kappa shape index (κ2) is 12.2. The van der Waals surface area contributed by atoms with Crippen LogP contribution in [0.25, 0.3) is 0 Å². The van der Waals surface area contributed by atoms with Gasteiger partial charge in [-0.3, -0.25) is 14.4 Å². The van der Waals surface area contributed by atoms with Crippen LogP contribution in [0.4, 0.5) is 10.1 Å². The number of anilines is 1. The van der Waals surface area contributed by atoms with E-state index in [1.807, 2.05) is 6.26 Å². The Hall–Kier alpha value is -2.91. The number of carbonyl (C=O) groups excluding carboxylic acids is 4. The van der Waals surface area contributed by atoms with Crippen LogP contribution in [0.1, 0.15) is 34.1 Å². The molecule has 0 fully saturated rings. The van der Waals surface area contributed by atoms with E-state index in [-0.39, 0.29) is 34.2 Å². The van der Waals surface area contributed by atoms with Gasteiger partial charge in [0.1, 0.15) is 11.9 Å². The van der Waals surface area contributed by atoms with Crippen LogP contribution in [0, 0.1) is 5.82 Å². The molecule has 32 heavy (non-hydrogen) atoms. The third-order valence-electron chi connectivity index (χ3n) is 4.25. The molecule has 0 saturated heterocycles. The maximum absolute atomic E-state index is 14.2. The van der Waals surface area contributed by atoms with Crippen molar-refractivity contribution < 1.29 is 28.3 Å². The number of ketones is 1. The molecule has 0 radical (unpaired) electrons. The molecule has 2 N–H and O–H groups in total. The van der Waals surface area contributed by atoms with Gasteiger partial charge in [-0.25, -0.2) is 9.18 Å². The number of amides is 2. The Bertz CT molecular complexity index is 1020. The molecule has 0 bridgehead atoms. The molecular weight excluding hydrogens is 459 g/mol. The highest BCUT2D eigenvalue weighted by Gasteiger charge is 2.25. The van der Waals surface area contributed by atoms with Gasteiger partial charge in [-0.05, 0) is 48.8 Å². The second-order valence-electron chi connectivity index (χ2n) is 6.69. The molecule has 0 aliphatic heterocycles. The summed E-state index contributed by atoms with van der Waals surface area (Å²) in [5.41, 5.74) is 0.115. The molecule has 2 aromatic carbocycles. The van der Waals surface area contributed by atoms with Crippen LogP contribution in [0.3, 0.4) is 0 Å². The monoisotopic (exact) mass is 480 g/mol. The number of esters is 1. The second-order valence-corrected chi connectivity index (χ2v) is 8.09. The minimum absolute atomic E-state index is 0.197. The van der Waals surface area contributed by atoms with Gasteiger partial charge >= 0.3 is 5.97 Å². The van der Waals surface area contributed by atoms with Gasteiger partial charge in [0.2, 0.25) is 11.7 Å². The lowest BCUT2D eigenvalue weighted by molar-refractivity contribution is -0.144. The number of carbonyl (C=O) groups is 4. The molecule has 0 heterocycles. The Kier molecular flexibility index (Phi) is 9.67. The zero-order valence-electron chi connectivity index (χ0n) is 17.4. The van der Waals surface area contributed by atoms with Crippen LogP contribution >= 0.6 is 23.4 Å². The Morgan fingerprint density at radius 2 is 1.84 bits per heavy atom. The minimum Gasteiger partial charge on any atom is -0.456 e. The summed E-state index contributed by atoms with van der Waals surface area (Å²) < 4.78 is 19.3. The fraction of sp³-hybridized carbons (Fsp3) is 0.273. The van der Waals surface area contributed by atoms with Crippen molar-refractivity contribution in [3.8, 4) is 0 Å². The summed E-state index contributed by atoms with van der Waals surface area (Å²) in [4.78, 5) is 48.4. The van der Waals surface area contributed by atoms with Crippen LogP contribution in [-0.2, 0) is 14.3 Å². The van der Waals surface area contributed by atoms with Gasteiger partial charge < -0.3 is 15.4 Å². The highest BCUT2D eigenvalue weighted by molar-refractivity contribution is 7.98. The number of Topliss-reactive ketones (excluding diaryl/α,β-unsaturated/α-hetero) is 1. The normalized spacial score (nSPS) is 11.4. The molecule has 0 saturated carbocycles. The number of benzene rings is 2. The Morgan fingerprint density at radius 3 is 2.47 bits per heavy atom. The van der Waals surface area contributed by atoms with Crippen molar-refractivity contribution in [2.75, 3.05) is 23.9 Å². The number of ether oxygens (including phenoxy) is 1. The fourth-order valence-corrected chi connectivity index (χ4v) is 3.40. The van der Waals surface area contributed by atoms with E-state index >= 15 is 0 Å². The minimum atomic E-state index is -1.01. The molecule has 2 amide bonds. The number of halogens is 2. The Balaban J connectivity index is 2.03. The van der Waals surface area contributed by atoms with E-state index in [0.29, 0.717) is 5.75 Å². The SMILES string of the molecule is CSCCC(NC(=O)c1ccccc1Cl)C(=O)OCC(=O)c1ccc(NC(C)=O)cc1F. The van der Waals surface area contributed by atoms with Crippen molar-refractivity contribution in [2.24, 2.45) is 0 Å². The van der Waals surface area contributed by atoms with Gasteiger partial charge in [-0.2, -0.15) is 11.8 Å². The van der Waals surface area contributed by atoms with Gasteiger partial charge in [0.25, 0.3) is 5.91 Å². The first-order valence-corrected chi connectivity index (χ1v) is 11.3. The molecular formula is C22H22ClFN2O5S. The van der Waals surface area contributed by atoms with Crippen LogP contribution in [0.5, 0.6) is 0 Å². The van der Waals surface area contributed by atoms with E-state index < -0.39 is 36.1 Å². The average Bonchev–Trinajstić information content (AvgIpc) is 2.74. The summed E-state index contributed by atoms with van der Waals surface area (Å²) in [6.45, 7) is 0.571. The number of hydrogen-bond acceptors (Lipinski definition) is 6. The Labute approximate surface area is 194 Å². The average molecular weight is 481 g/mol. The van der Waals surface area contributed by atoms with Gasteiger partial charge in [0.15, 0.2) is 6.61 Å². The van der Waals surface area contributed by atoms with E-state index in [2.05, 4.69) is 10.6 Å². The maximum Gasteiger partial charge on any atom is 0.329 e. The van der Waals surface area contributed by atoms with Crippen LogP contribution in [-0.4, -0.2) is 48.2 Å². The summed E-state index contributed by atoms with van der Waals surface area (Å²) in [5.74, 6) is -2.81. The van der Waals surface area contributed by atoms with Gasteiger partial charge in [-0.1, -0.05) is 23.7 Å². The molecule has 2 rings (SSSR count). The Morgan fingerprint density at radius 1 is 1.12 bits per heavy atom. The number of thioether (sulfide) groups is 1. The molecule has 1 atom stereocenters. The number of hydrogen-bond donors (Lipinski definition) is 2. The van der Waals surface area contributed by atoms with Crippen molar-refractivity contribution in [3.63, 3.8) is 0 Å². The highest BCUT2D eigenvalue weighted by atomic mass is 35.5. The molecule has 0 spiro atoms. The maximum atomic E-state index is 14.2. The first-order chi connectivity index (χ1) is 15.2. The molecule has 0 aliphatic carbocycles. The van der Waals surface area contributed by atoms with Gasteiger partial charge in [0.05, 0.1) is 16.1 Å². The summed E-state index contributed by atoms with van der Waals surface area (Å²) in [6.07, 6.45) is 2.11. The van der Waals surface area contributed by atoms with Crippen LogP contribution in [0.2, 0.25) is 5.02 Å². The highest BCUT2D eigenvalue weighted by Crippen LogP contribution is 2.17.